The number of hydrogen-bond acceptors (Lipinski definition) is 3. The fourth-order valence-electron chi connectivity index (χ4n) is 1.80. The van der Waals surface area contributed by atoms with E-state index >= 15 is 0 Å². The number of aromatic nitrogens is 2. The lowest BCUT2D eigenvalue weighted by molar-refractivity contribution is 0.628. The predicted octanol–water partition coefficient (Wildman–Crippen LogP) is 2.74. The molecule has 4 heteroatoms. The van der Waals surface area contributed by atoms with Gasteiger partial charge in [-0.15, -0.1) is 0 Å². The molecule has 1 aromatic heterocycles. The highest BCUT2D eigenvalue weighted by Crippen LogP contribution is 2.39. The van der Waals surface area contributed by atoms with Crippen LogP contribution in [0.25, 0.3) is 11.4 Å². The zero-order chi connectivity index (χ0) is 11.8. The first-order valence-electron chi connectivity index (χ1n) is 5.63. The average Bonchev–Trinajstić information content (AvgIpc) is 3.13. The van der Waals surface area contributed by atoms with Crippen molar-refractivity contribution in [1.29, 1.82) is 0 Å². The summed E-state index contributed by atoms with van der Waals surface area (Å²) in [6.45, 7) is 0. The molecule has 0 unspecified atom stereocenters. The summed E-state index contributed by atoms with van der Waals surface area (Å²) in [5.41, 5.74) is 7.56. The van der Waals surface area contributed by atoms with Crippen LogP contribution in [0.15, 0.2) is 30.3 Å². The minimum absolute atomic E-state index is 0.264. The summed E-state index contributed by atoms with van der Waals surface area (Å²) in [5.74, 6) is 1.31. The van der Waals surface area contributed by atoms with E-state index in [-0.39, 0.29) is 5.82 Å². The van der Waals surface area contributed by atoms with Crippen LogP contribution in [0, 0.1) is 5.82 Å². The van der Waals surface area contributed by atoms with E-state index < -0.39 is 0 Å². The van der Waals surface area contributed by atoms with Gasteiger partial charge in [0.1, 0.15) is 11.6 Å². The van der Waals surface area contributed by atoms with Gasteiger partial charge in [0.05, 0.1) is 0 Å². The molecule has 0 saturated heterocycles. The number of nitrogen functional groups attached to an aromatic ring is 1. The molecule has 1 aliphatic rings. The first-order chi connectivity index (χ1) is 8.22. The molecule has 0 bridgehead atoms. The number of rotatable bonds is 2. The van der Waals surface area contributed by atoms with Gasteiger partial charge in [-0.25, -0.2) is 14.4 Å². The standard InChI is InChI=1S/C13H12FN3/c14-10-5-3-9(4-6-10)13-16-11(8-1-2-8)7-12(15)17-13/h3-8H,1-2H2,(H2,15,16,17). The quantitative estimate of drug-likeness (QED) is 0.861. The van der Waals surface area contributed by atoms with E-state index in [2.05, 4.69) is 9.97 Å². The van der Waals surface area contributed by atoms with E-state index in [1.54, 1.807) is 12.1 Å². The molecule has 1 saturated carbocycles. The smallest absolute Gasteiger partial charge is 0.161 e. The van der Waals surface area contributed by atoms with Gasteiger partial charge in [0, 0.05) is 23.2 Å². The Bertz CT molecular complexity index is 547. The lowest BCUT2D eigenvalue weighted by Gasteiger charge is -2.04. The van der Waals surface area contributed by atoms with Crippen molar-refractivity contribution in [1.82, 2.24) is 9.97 Å². The van der Waals surface area contributed by atoms with Crippen molar-refractivity contribution in [3.8, 4) is 11.4 Å². The van der Waals surface area contributed by atoms with Gasteiger partial charge in [-0.3, -0.25) is 0 Å². The summed E-state index contributed by atoms with van der Waals surface area (Å²) in [6, 6.07) is 7.96. The Hall–Kier alpha value is -1.97. The minimum Gasteiger partial charge on any atom is -0.384 e. The Morgan fingerprint density at radius 2 is 1.82 bits per heavy atom. The maximum absolute atomic E-state index is 12.8. The Morgan fingerprint density at radius 1 is 1.12 bits per heavy atom. The molecule has 3 nitrogen and oxygen atoms in total. The van der Waals surface area contributed by atoms with Crippen molar-refractivity contribution in [2.24, 2.45) is 0 Å². The first kappa shape index (κ1) is 10.2. The molecule has 0 spiro atoms. The van der Waals surface area contributed by atoms with Gasteiger partial charge in [-0.2, -0.15) is 0 Å². The number of nitrogens with zero attached hydrogens (tertiary/aromatic N) is 2. The van der Waals surface area contributed by atoms with E-state index in [1.807, 2.05) is 6.07 Å². The highest BCUT2D eigenvalue weighted by Gasteiger charge is 2.26. The summed E-state index contributed by atoms with van der Waals surface area (Å²) in [4.78, 5) is 8.67. The topological polar surface area (TPSA) is 51.8 Å². The van der Waals surface area contributed by atoms with Crippen molar-refractivity contribution in [3.63, 3.8) is 0 Å². The predicted molar refractivity (Wildman–Crippen MR) is 63.8 cm³/mol. The van der Waals surface area contributed by atoms with E-state index in [0.29, 0.717) is 17.6 Å². The highest BCUT2D eigenvalue weighted by molar-refractivity contribution is 5.57. The van der Waals surface area contributed by atoms with Gasteiger partial charge >= 0.3 is 0 Å². The number of halogens is 1. The van der Waals surface area contributed by atoms with Crippen molar-refractivity contribution in [3.05, 3.63) is 41.8 Å². The zero-order valence-corrected chi connectivity index (χ0v) is 9.23. The highest BCUT2D eigenvalue weighted by atomic mass is 19.1. The maximum atomic E-state index is 12.8. The molecule has 86 valence electrons. The van der Waals surface area contributed by atoms with Crippen LogP contribution >= 0.6 is 0 Å². The third-order valence-electron chi connectivity index (χ3n) is 2.86. The Labute approximate surface area is 98.5 Å². The van der Waals surface area contributed by atoms with E-state index in [0.717, 1.165) is 11.3 Å². The third-order valence-corrected chi connectivity index (χ3v) is 2.86. The number of anilines is 1. The Kier molecular flexibility index (Phi) is 2.28. The normalized spacial score (nSPS) is 14.9. The van der Waals surface area contributed by atoms with Crippen molar-refractivity contribution in [2.45, 2.75) is 18.8 Å². The van der Waals surface area contributed by atoms with Crippen LogP contribution in [0.4, 0.5) is 10.2 Å². The molecule has 2 N–H and O–H groups in total. The SMILES string of the molecule is Nc1cc(C2CC2)nc(-c2ccc(F)cc2)n1. The van der Waals surface area contributed by atoms with Gasteiger partial charge in [0.15, 0.2) is 5.82 Å². The Morgan fingerprint density at radius 3 is 2.47 bits per heavy atom. The van der Waals surface area contributed by atoms with Gasteiger partial charge in [0.25, 0.3) is 0 Å². The lowest BCUT2D eigenvalue weighted by atomic mass is 10.2. The van der Waals surface area contributed by atoms with E-state index in [9.17, 15) is 4.39 Å². The van der Waals surface area contributed by atoms with Crippen molar-refractivity contribution < 1.29 is 4.39 Å². The Balaban J connectivity index is 2.04. The molecule has 1 fully saturated rings. The second kappa shape index (κ2) is 3.80. The van der Waals surface area contributed by atoms with E-state index in [1.165, 1.54) is 25.0 Å². The van der Waals surface area contributed by atoms with Crippen molar-refractivity contribution in [2.75, 3.05) is 5.73 Å². The van der Waals surface area contributed by atoms with E-state index in [4.69, 9.17) is 5.73 Å². The molecule has 1 aromatic carbocycles. The van der Waals surface area contributed by atoms with Gasteiger partial charge in [0.2, 0.25) is 0 Å². The fraction of sp³-hybridized carbons (Fsp3) is 0.231. The molecular formula is C13H12FN3. The number of hydrogen-bond donors (Lipinski definition) is 1. The molecule has 0 atom stereocenters. The largest absolute Gasteiger partial charge is 0.384 e. The summed E-state index contributed by atoms with van der Waals surface area (Å²) >= 11 is 0. The summed E-state index contributed by atoms with van der Waals surface area (Å²) in [7, 11) is 0. The molecular weight excluding hydrogens is 217 g/mol. The first-order valence-corrected chi connectivity index (χ1v) is 5.63. The second-order valence-electron chi connectivity index (χ2n) is 4.32. The molecule has 0 radical (unpaired) electrons. The summed E-state index contributed by atoms with van der Waals surface area (Å²) < 4.78 is 12.8. The maximum Gasteiger partial charge on any atom is 0.161 e. The van der Waals surface area contributed by atoms with Crippen LogP contribution < -0.4 is 5.73 Å². The zero-order valence-electron chi connectivity index (χ0n) is 9.23. The monoisotopic (exact) mass is 229 g/mol. The number of nitrogens with two attached hydrogens (primary N) is 1. The van der Waals surface area contributed by atoms with Gasteiger partial charge in [-0.1, -0.05) is 0 Å². The van der Waals surface area contributed by atoms with Crippen LogP contribution in [0.5, 0.6) is 0 Å². The minimum atomic E-state index is -0.264. The molecule has 2 aromatic rings. The molecule has 1 aliphatic carbocycles. The summed E-state index contributed by atoms with van der Waals surface area (Å²) in [5, 5.41) is 0. The van der Waals surface area contributed by atoms with Crippen LogP contribution in [0.1, 0.15) is 24.5 Å². The molecule has 1 heterocycles. The van der Waals surface area contributed by atoms with Crippen LogP contribution in [-0.4, -0.2) is 9.97 Å². The molecule has 17 heavy (non-hydrogen) atoms. The third kappa shape index (κ3) is 2.11. The van der Waals surface area contributed by atoms with Crippen molar-refractivity contribution >= 4 is 5.82 Å². The van der Waals surface area contributed by atoms with Crippen LogP contribution in [0.3, 0.4) is 0 Å². The average molecular weight is 229 g/mol. The van der Waals surface area contributed by atoms with Crippen LogP contribution in [0.2, 0.25) is 0 Å². The second-order valence-corrected chi connectivity index (χ2v) is 4.32. The number of benzene rings is 1. The van der Waals surface area contributed by atoms with Crippen LogP contribution in [-0.2, 0) is 0 Å². The van der Waals surface area contributed by atoms with Gasteiger partial charge < -0.3 is 5.73 Å². The lowest BCUT2D eigenvalue weighted by Crippen LogP contribution is -1.99. The fourth-order valence-corrected chi connectivity index (χ4v) is 1.80. The van der Waals surface area contributed by atoms with Gasteiger partial charge in [-0.05, 0) is 37.1 Å². The molecule has 3 rings (SSSR count). The molecule has 0 amide bonds. The molecule has 0 aliphatic heterocycles. The summed E-state index contributed by atoms with van der Waals surface area (Å²) in [6.07, 6.45) is 2.33.